The number of aliphatic hydroxyl groups is 1. The Kier molecular flexibility index (Phi) is 4.85. The van der Waals surface area contributed by atoms with Crippen LogP contribution >= 0.6 is 11.3 Å². The second-order valence-electron chi connectivity index (χ2n) is 4.07. The van der Waals surface area contributed by atoms with Gasteiger partial charge in [-0.05, 0) is 26.3 Å². The van der Waals surface area contributed by atoms with Crippen LogP contribution in [0.5, 0.6) is 0 Å². The molecule has 8 heteroatoms. The Labute approximate surface area is 109 Å². The van der Waals surface area contributed by atoms with E-state index in [0.29, 0.717) is 0 Å². The lowest BCUT2D eigenvalue weighted by molar-refractivity contribution is 0.0697. The lowest BCUT2D eigenvalue weighted by Crippen LogP contribution is -2.34. The van der Waals surface area contributed by atoms with Crippen LogP contribution in [0.1, 0.15) is 30.6 Å². The van der Waals surface area contributed by atoms with Crippen LogP contribution in [0.3, 0.4) is 0 Å². The van der Waals surface area contributed by atoms with Gasteiger partial charge in [0, 0.05) is 11.4 Å². The fourth-order valence-electron chi connectivity index (χ4n) is 1.45. The van der Waals surface area contributed by atoms with Gasteiger partial charge in [0.1, 0.15) is 4.21 Å². The molecule has 2 unspecified atom stereocenters. The maximum absolute atomic E-state index is 11.9. The third kappa shape index (κ3) is 4.05. The lowest BCUT2D eigenvalue weighted by Gasteiger charge is -2.14. The highest BCUT2D eigenvalue weighted by molar-refractivity contribution is 7.91. The number of carboxylic acid groups (broad SMARTS) is 1. The van der Waals surface area contributed by atoms with Crippen molar-refractivity contribution in [1.82, 2.24) is 4.72 Å². The van der Waals surface area contributed by atoms with Gasteiger partial charge in [0.2, 0.25) is 10.0 Å². The first-order valence-electron chi connectivity index (χ1n) is 5.24. The fraction of sp³-hybridized carbons (Fsp3) is 0.500. The van der Waals surface area contributed by atoms with Crippen LogP contribution in [0.25, 0.3) is 0 Å². The average Bonchev–Trinajstić information content (AvgIpc) is 2.63. The molecule has 6 nitrogen and oxygen atoms in total. The molecule has 0 fully saturated rings. The minimum Gasteiger partial charge on any atom is -0.478 e. The van der Waals surface area contributed by atoms with Crippen LogP contribution in [0.4, 0.5) is 0 Å². The van der Waals surface area contributed by atoms with E-state index < -0.39 is 28.1 Å². The van der Waals surface area contributed by atoms with E-state index in [9.17, 15) is 13.2 Å². The van der Waals surface area contributed by atoms with E-state index in [0.717, 1.165) is 17.4 Å². The Morgan fingerprint density at radius 1 is 1.50 bits per heavy atom. The van der Waals surface area contributed by atoms with E-state index in [-0.39, 0.29) is 16.2 Å². The minimum absolute atomic E-state index is 0.0441. The number of rotatable bonds is 6. The summed E-state index contributed by atoms with van der Waals surface area (Å²) < 4.78 is 26.1. The summed E-state index contributed by atoms with van der Waals surface area (Å²) in [6.45, 7) is 3.20. The highest BCUT2D eigenvalue weighted by atomic mass is 32.2. The van der Waals surface area contributed by atoms with Crippen LogP contribution in [0.15, 0.2) is 15.7 Å². The molecule has 1 aromatic rings. The Balaban J connectivity index is 2.82. The number of hydrogen-bond donors (Lipinski definition) is 3. The Morgan fingerprint density at radius 3 is 2.56 bits per heavy atom. The van der Waals surface area contributed by atoms with Crippen molar-refractivity contribution >= 4 is 27.3 Å². The Bertz CT molecular complexity index is 520. The molecule has 0 amide bonds. The molecular weight excluding hydrogens is 278 g/mol. The minimum atomic E-state index is -3.72. The smallest absolute Gasteiger partial charge is 0.336 e. The predicted molar refractivity (Wildman–Crippen MR) is 67.4 cm³/mol. The Morgan fingerprint density at radius 2 is 2.11 bits per heavy atom. The monoisotopic (exact) mass is 293 g/mol. The number of hydrogen-bond acceptors (Lipinski definition) is 5. The summed E-state index contributed by atoms with van der Waals surface area (Å²) in [4.78, 5) is 10.7. The van der Waals surface area contributed by atoms with E-state index in [4.69, 9.17) is 10.2 Å². The average molecular weight is 293 g/mol. The van der Waals surface area contributed by atoms with Crippen molar-refractivity contribution < 1.29 is 23.4 Å². The molecule has 18 heavy (non-hydrogen) atoms. The molecular formula is C10H15NO5S2. The van der Waals surface area contributed by atoms with Crippen LogP contribution in [0, 0.1) is 0 Å². The van der Waals surface area contributed by atoms with Crippen molar-refractivity contribution in [2.24, 2.45) is 0 Å². The number of sulfonamides is 1. The number of aromatic carboxylic acids is 1. The molecule has 0 radical (unpaired) electrons. The van der Waals surface area contributed by atoms with Gasteiger partial charge >= 0.3 is 5.97 Å². The molecule has 0 aliphatic heterocycles. The number of thiophene rings is 1. The maximum Gasteiger partial charge on any atom is 0.336 e. The molecule has 0 aromatic carbocycles. The summed E-state index contributed by atoms with van der Waals surface area (Å²) in [5.74, 6) is -1.16. The van der Waals surface area contributed by atoms with Gasteiger partial charge in [-0.3, -0.25) is 0 Å². The molecule has 1 aromatic heterocycles. The van der Waals surface area contributed by atoms with Crippen molar-refractivity contribution in [1.29, 1.82) is 0 Å². The van der Waals surface area contributed by atoms with Gasteiger partial charge in [-0.2, -0.15) is 0 Å². The fourth-order valence-corrected chi connectivity index (χ4v) is 3.88. The second-order valence-corrected chi connectivity index (χ2v) is 6.92. The molecule has 0 bridgehead atoms. The van der Waals surface area contributed by atoms with E-state index >= 15 is 0 Å². The zero-order valence-corrected chi connectivity index (χ0v) is 11.6. The van der Waals surface area contributed by atoms with Crippen LogP contribution < -0.4 is 4.72 Å². The van der Waals surface area contributed by atoms with Crippen molar-refractivity contribution in [3.8, 4) is 0 Å². The number of carbonyl (C=O) groups is 1. The zero-order valence-electron chi connectivity index (χ0n) is 9.95. The normalized spacial score (nSPS) is 15.3. The topological polar surface area (TPSA) is 104 Å². The van der Waals surface area contributed by atoms with Gasteiger partial charge in [-0.15, -0.1) is 11.3 Å². The summed E-state index contributed by atoms with van der Waals surface area (Å²) >= 11 is 0.852. The first-order valence-corrected chi connectivity index (χ1v) is 7.61. The molecule has 1 rings (SSSR count). The number of aliphatic hydroxyl groups excluding tert-OH is 1. The largest absolute Gasteiger partial charge is 0.478 e. The molecule has 0 saturated heterocycles. The van der Waals surface area contributed by atoms with Crippen LogP contribution in [0.2, 0.25) is 0 Å². The standard InChI is InChI=1S/C10H15NO5S2/c1-6(3-7(2)12)11-18(15,16)9-4-8(5-17-9)10(13)14/h4-7,11-12H,3H2,1-2H3,(H,13,14). The summed E-state index contributed by atoms with van der Waals surface area (Å²) in [5.41, 5.74) is -0.0523. The van der Waals surface area contributed by atoms with Crippen LogP contribution in [-0.4, -0.2) is 36.7 Å². The van der Waals surface area contributed by atoms with Gasteiger partial charge in [0.15, 0.2) is 0 Å². The van der Waals surface area contributed by atoms with E-state index in [1.165, 1.54) is 5.38 Å². The molecule has 0 saturated carbocycles. The number of carboxylic acids is 1. The van der Waals surface area contributed by atoms with Crippen LogP contribution in [-0.2, 0) is 10.0 Å². The van der Waals surface area contributed by atoms with Crippen molar-refractivity contribution in [2.75, 3.05) is 0 Å². The van der Waals surface area contributed by atoms with Gasteiger partial charge < -0.3 is 10.2 Å². The quantitative estimate of drug-likeness (QED) is 0.722. The third-order valence-corrected chi connectivity index (χ3v) is 5.17. The first-order chi connectivity index (χ1) is 8.22. The van der Waals surface area contributed by atoms with Gasteiger partial charge in [-0.1, -0.05) is 0 Å². The van der Waals surface area contributed by atoms with E-state index in [2.05, 4.69) is 4.72 Å². The van der Waals surface area contributed by atoms with Crippen molar-refractivity contribution in [2.45, 2.75) is 36.6 Å². The molecule has 0 aliphatic rings. The maximum atomic E-state index is 11.9. The molecule has 2 atom stereocenters. The Hall–Kier alpha value is -0.960. The summed E-state index contributed by atoms with van der Waals surface area (Å²) in [6, 6.07) is 0.690. The first kappa shape index (κ1) is 15.1. The van der Waals surface area contributed by atoms with Gasteiger partial charge in [0.05, 0.1) is 11.7 Å². The zero-order chi connectivity index (χ0) is 13.9. The van der Waals surface area contributed by atoms with E-state index in [1.54, 1.807) is 13.8 Å². The molecule has 0 aliphatic carbocycles. The van der Waals surface area contributed by atoms with Crippen molar-refractivity contribution in [3.63, 3.8) is 0 Å². The number of nitrogens with one attached hydrogen (secondary N) is 1. The SMILES string of the molecule is CC(O)CC(C)NS(=O)(=O)c1cc(C(=O)O)cs1. The predicted octanol–water partition coefficient (Wildman–Crippen LogP) is 0.884. The second kappa shape index (κ2) is 5.79. The van der Waals surface area contributed by atoms with Gasteiger partial charge in [0.25, 0.3) is 0 Å². The highest BCUT2D eigenvalue weighted by Crippen LogP contribution is 2.20. The molecule has 1 heterocycles. The summed E-state index contributed by atoms with van der Waals surface area (Å²) in [5, 5.41) is 19.2. The van der Waals surface area contributed by atoms with Crippen molar-refractivity contribution in [3.05, 3.63) is 17.0 Å². The van der Waals surface area contributed by atoms with E-state index in [1.807, 2.05) is 0 Å². The molecule has 102 valence electrons. The highest BCUT2D eigenvalue weighted by Gasteiger charge is 2.21. The summed E-state index contributed by atoms with van der Waals surface area (Å²) in [7, 11) is -3.72. The lowest BCUT2D eigenvalue weighted by atomic mass is 10.2. The third-order valence-electron chi connectivity index (χ3n) is 2.14. The molecule has 3 N–H and O–H groups in total. The van der Waals surface area contributed by atoms with Gasteiger partial charge in [-0.25, -0.2) is 17.9 Å². The summed E-state index contributed by atoms with van der Waals surface area (Å²) in [6.07, 6.45) is -0.322. The molecule has 0 spiro atoms.